The van der Waals surface area contributed by atoms with E-state index >= 15 is 0 Å². The van der Waals surface area contributed by atoms with Crippen LogP contribution >= 0.6 is 0 Å². The van der Waals surface area contributed by atoms with E-state index in [1.54, 1.807) is 6.92 Å². The first-order chi connectivity index (χ1) is 13.7. The van der Waals surface area contributed by atoms with Crippen LogP contribution in [0.3, 0.4) is 0 Å². The second-order valence-electron chi connectivity index (χ2n) is 7.10. The summed E-state index contributed by atoms with van der Waals surface area (Å²) in [7, 11) is 1.45. The van der Waals surface area contributed by atoms with Gasteiger partial charge in [0.25, 0.3) is 5.56 Å². The maximum absolute atomic E-state index is 13.4. The zero-order valence-corrected chi connectivity index (χ0v) is 17.0. The Morgan fingerprint density at radius 2 is 1.93 bits per heavy atom. The van der Waals surface area contributed by atoms with Gasteiger partial charge in [0.1, 0.15) is 17.2 Å². The van der Waals surface area contributed by atoms with Gasteiger partial charge in [-0.05, 0) is 50.5 Å². The summed E-state index contributed by atoms with van der Waals surface area (Å²) in [6.45, 7) is 7.27. The van der Waals surface area contributed by atoms with E-state index in [4.69, 9.17) is 9.15 Å². The number of furan rings is 1. The number of rotatable bonds is 5. The molecule has 0 spiro atoms. The number of ether oxygens (including phenoxy) is 1. The van der Waals surface area contributed by atoms with E-state index in [2.05, 4.69) is 0 Å². The maximum Gasteiger partial charge on any atom is 0.271 e. The quantitative estimate of drug-likeness (QED) is 0.666. The van der Waals surface area contributed by atoms with Gasteiger partial charge in [-0.15, -0.1) is 0 Å². The van der Waals surface area contributed by atoms with Crippen molar-refractivity contribution in [2.45, 2.75) is 34.2 Å². The molecule has 0 amide bonds. The fourth-order valence-corrected chi connectivity index (χ4v) is 3.73. The van der Waals surface area contributed by atoms with Crippen molar-refractivity contribution in [1.82, 2.24) is 4.57 Å². The van der Waals surface area contributed by atoms with Crippen molar-refractivity contribution in [2.75, 3.05) is 13.7 Å². The highest BCUT2D eigenvalue weighted by molar-refractivity contribution is 6.13. The van der Waals surface area contributed by atoms with Crippen molar-refractivity contribution in [3.05, 3.63) is 61.6 Å². The molecule has 0 aliphatic carbocycles. The van der Waals surface area contributed by atoms with E-state index in [1.165, 1.54) is 14.0 Å². The molecule has 0 unspecified atom stereocenters. The lowest BCUT2D eigenvalue weighted by Gasteiger charge is -2.14. The Kier molecular flexibility index (Phi) is 5.31. The topological polar surface area (TPSA) is 105 Å². The fourth-order valence-electron chi connectivity index (χ4n) is 3.73. The maximum atomic E-state index is 13.4. The number of methoxy groups -OCH3 is 1. The Bertz CT molecular complexity index is 1240. The zero-order valence-electron chi connectivity index (χ0n) is 17.0. The molecule has 0 saturated carbocycles. The lowest BCUT2D eigenvalue weighted by atomic mass is 9.97. The SMILES string of the molecule is COCCn1c(O)c(C(=O)c2oc3cc(C)cc(C)c3c2C)c(C)c(C#N)c1=O. The fraction of sp³-hybridized carbons (Fsp3) is 0.318. The zero-order chi connectivity index (χ0) is 21.5. The lowest BCUT2D eigenvalue weighted by Crippen LogP contribution is -2.28. The van der Waals surface area contributed by atoms with Gasteiger partial charge in [0, 0.05) is 18.1 Å². The molecule has 0 bridgehead atoms. The highest BCUT2D eigenvalue weighted by Crippen LogP contribution is 2.33. The Hall–Kier alpha value is -3.37. The first kappa shape index (κ1) is 20.4. The van der Waals surface area contributed by atoms with Gasteiger partial charge < -0.3 is 14.3 Å². The molecule has 7 nitrogen and oxygen atoms in total. The van der Waals surface area contributed by atoms with Gasteiger partial charge in [0.2, 0.25) is 11.7 Å². The third-order valence-electron chi connectivity index (χ3n) is 5.12. The molecular weight excluding hydrogens is 372 g/mol. The molecule has 2 aromatic heterocycles. The number of pyridine rings is 1. The third-order valence-corrected chi connectivity index (χ3v) is 5.12. The molecule has 0 saturated heterocycles. The normalized spacial score (nSPS) is 11.0. The van der Waals surface area contributed by atoms with Gasteiger partial charge in [-0.25, -0.2) is 0 Å². The molecule has 0 aliphatic rings. The highest BCUT2D eigenvalue weighted by atomic mass is 16.5. The number of aryl methyl sites for hydroxylation is 3. The lowest BCUT2D eigenvalue weighted by molar-refractivity contribution is 0.100. The molecule has 29 heavy (non-hydrogen) atoms. The summed E-state index contributed by atoms with van der Waals surface area (Å²) in [4.78, 5) is 25.9. The van der Waals surface area contributed by atoms with Crippen LogP contribution in [-0.4, -0.2) is 29.2 Å². The van der Waals surface area contributed by atoms with Crippen LogP contribution in [0.1, 0.15) is 43.9 Å². The number of benzene rings is 1. The number of ketones is 1. The number of nitriles is 1. The summed E-state index contributed by atoms with van der Waals surface area (Å²) in [6, 6.07) is 5.69. The summed E-state index contributed by atoms with van der Waals surface area (Å²) in [5.74, 6) is -0.998. The van der Waals surface area contributed by atoms with E-state index in [0.29, 0.717) is 11.1 Å². The molecule has 0 aliphatic heterocycles. The molecular formula is C22H22N2O5. The van der Waals surface area contributed by atoms with Crippen LogP contribution in [0, 0.1) is 39.0 Å². The van der Waals surface area contributed by atoms with Crippen molar-refractivity contribution in [3.63, 3.8) is 0 Å². The molecule has 1 aromatic carbocycles. The Balaban J connectivity index is 2.29. The molecule has 0 atom stereocenters. The van der Waals surface area contributed by atoms with Crippen LogP contribution in [0.2, 0.25) is 0 Å². The summed E-state index contributed by atoms with van der Waals surface area (Å²) >= 11 is 0. The van der Waals surface area contributed by atoms with Gasteiger partial charge in [0.05, 0.1) is 18.7 Å². The number of hydrogen-bond donors (Lipinski definition) is 1. The molecule has 0 fully saturated rings. The summed E-state index contributed by atoms with van der Waals surface area (Å²) in [5, 5.41) is 21.0. The molecule has 7 heteroatoms. The average molecular weight is 394 g/mol. The van der Waals surface area contributed by atoms with Crippen LogP contribution in [0.15, 0.2) is 21.3 Å². The van der Waals surface area contributed by atoms with Crippen LogP contribution in [0.25, 0.3) is 11.0 Å². The molecule has 0 radical (unpaired) electrons. The minimum Gasteiger partial charge on any atom is -0.494 e. The van der Waals surface area contributed by atoms with E-state index in [0.717, 1.165) is 21.1 Å². The second-order valence-corrected chi connectivity index (χ2v) is 7.10. The number of aromatic hydroxyl groups is 1. The van der Waals surface area contributed by atoms with Crippen LogP contribution in [-0.2, 0) is 11.3 Å². The third kappa shape index (κ3) is 3.22. The van der Waals surface area contributed by atoms with Crippen molar-refractivity contribution >= 4 is 16.8 Å². The van der Waals surface area contributed by atoms with E-state index in [1.807, 2.05) is 32.0 Å². The second kappa shape index (κ2) is 7.57. The highest BCUT2D eigenvalue weighted by Gasteiger charge is 2.29. The van der Waals surface area contributed by atoms with E-state index in [9.17, 15) is 20.0 Å². The first-order valence-corrected chi connectivity index (χ1v) is 9.13. The number of aromatic nitrogens is 1. The minimum absolute atomic E-state index is 0.00776. The molecule has 1 N–H and O–H groups in total. The molecule has 150 valence electrons. The first-order valence-electron chi connectivity index (χ1n) is 9.13. The van der Waals surface area contributed by atoms with Crippen molar-refractivity contribution < 1.29 is 19.1 Å². The predicted octanol–water partition coefficient (Wildman–Crippen LogP) is 3.28. The van der Waals surface area contributed by atoms with Crippen LogP contribution in [0.5, 0.6) is 5.88 Å². The summed E-state index contributed by atoms with van der Waals surface area (Å²) in [5.41, 5.74) is 2.36. The van der Waals surface area contributed by atoms with Gasteiger partial charge in [0.15, 0.2) is 5.76 Å². The Morgan fingerprint density at radius 3 is 2.55 bits per heavy atom. The summed E-state index contributed by atoms with van der Waals surface area (Å²) < 4.78 is 11.8. The van der Waals surface area contributed by atoms with Crippen LogP contribution < -0.4 is 5.56 Å². The van der Waals surface area contributed by atoms with Crippen molar-refractivity contribution in [2.24, 2.45) is 0 Å². The van der Waals surface area contributed by atoms with Gasteiger partial charge in [-0.1, -0.05) is 6.07 Å². The monoisotopic (exact) mass is 394 g/mol. The number of carbonyl (C=O) groups excluding carboxylic acids is 1. The smallest absolute Gasteiger partial charge is 0.271 e. The Labute approximate surface area is 167 Å². The number of fused-ring (bicyclic) bond motifs is 1. The average Bonchev–Trinajstić information content (AvgIpc) is 2.98. The number of hydrogen-bond acceptors (Lipinski definition) is 6. The van der Waals surface area contributed by atoms with Crippen molar-refractivity contribution in [1.29, 1.82) is 5.26 Å². The molecule has 2 heterocycles. The van der Waals surface area contributed by atoms with E-state index in [-0.39, 0.29) is 35.6 Å². The molecule has 3 rings (SSSR count). The summed E-state index contributed by atoms with van der Waals surface area (Å²) in [6.07, 6.45) is 0. The van der Waals surface area contributed by atoms with E-state index < -0.39 is 17.2 Å². The van der Waals surface area contributed by atoms with Gasteiger partial charge >= 0.3 is 0 Å². The standard InChI is InChI=1S/C22H22N2O5/c1-11-8-12(2)17-14(4)20(29-16(17)9-11)19(25)18-13(3)15(10-23)21(26)24(22(18)27)6-7-28-5/h8-9,27H,6-7H2,1-5H3. The number of nitrogens with zero attached hydrogens (tertiary/aromatic N) is 2. The largest absolute Gasteiger partial charge is 0.494 e. The number of carbonyl (C=O) groups is 1. The van der Waals surface area contributed by atoms with Gasteiger partial charge in [-0.3, -0.25) is 14.2 Å². The van der Waals surface area contributed by atoms with Gasteiger partial charge in [-0.2, -0.15) is 5.26 Å². The Morgan fingerprint density at radius 1 is 1.24 bits per heavy atom. The van der Waals surface area contributed by atoms with Crippen LogP contribution in [0.4, 0.5) is 0 Å². The molecule has 3 aromatic rings. The van der Waals surface area contributed by atoms with Crippen molar-refractivity contribution in [3.8, 4) is 11.9 Å². The predicted molar refractivity (Wildman–Crippen MR) is 108 cm³/mol. The minimum atomic E-state index is -0.663.